The maximum atomic E-state index is 12.7. The predicted octanol–water partition coefficient (Wildman–Crippen LogP) is 3.32. The number of carboxylic acids is 1. The highest BCUT2D eigenvalue weighted by molar-refractivity contribution is 7.09. The Bertz CT molecular complexity index is 764. The Balaban J connectivity index is 1.78. The fourth-order valence-corrected chi connectivity index (χ4v) is 3.98. The first-order chi connectivity index (χ1) is 11.5. The number of thiazole rings is 1. The molecule has 0 bridgehead atoms. The van der Waals surface area contributed by atoms with Crippen LogP contribution in [0.15, 0.2) is 15.9 Å². The Morgan fingerprint density at radius 1 is 1.50 bits per heavy atom. The molecule has 3 heterocycles. The van der Waals surface area contributed by atoms with Gasteiger partial charge in [0.2, 0.25) is 0 Å². The number of rotatable bonds is 4. The van der Waals surface area contributed by atoms with E-state index in [1.807, 2.05) is 12.3 Å². The van der Waals surface area contributed by atoms with Crippen LogP contribution in [0.1, 0.15) is 63.1 Å². The van der Waals surface area contributed by atoms with Crippen molar-refractivity contribution < 1.29 is 19.1 Å². The predicted molar refractivity (Wildman–Crippen MR) is 89.8 cm³/mol. The van der Waals surface area contributed by atoms with Gasteiger partial charge in [-0.2, -0.15) is 0 Å². The third kappa shape index (κ3) is 3.21. The van der Waals surface area contributed by atoms with Crippen molar-refractivity contribution >= 4 is 23.2 Å². The van der Waals surface area contributed by atoms with Crippen molar-refractivity contribution in [3.05, 3.63) is 39.2 Å². The summed E-state index contributed by atoms with van der Waals surface area (Å²) >= 11 is 1.63. The number of carbonyl (C=O) groups is 2. The molecule has 1 atom stereocenters. The van der Waals surface area contributed by atoms with Crippen LogP contribution in [0.2, 0.25) is 0 Å². The van der Waals surface area contributed by atoms with Crippen molar-refractivity contribution in [2.75, 3.05) is 13.1 Å². The lowest BCUT2D eigenvalue weighted by atomic mass is 9.98. The number of hydrogen-bond acceptors (Lipinski definition) is 5. The van der Waals surface area contributed by atoms with Crippen LogP contribution >= 0.6 is 11.3 Å². The first kappa shape index (κ1) is 16.7. The summed E-state index contributed by atoms with van der Waals surface area (Å²) in [4.78, 5) is 30.2. The molecule has 0 aromatic carbocycles. The second-order valence-electron chi connectivity index (χ2n) is 6.02. The van der Waals surface area contributed by atoms with Gasteiger partial charge in [-0.25, -0.2) is 9.78 Å². The second-order valence-corrected chi connectivity index (χ2v) is 6.91. The largest absolute Gasteiger partial charge is 0.478 e. The summed E-state index contributed by atoms with van der Waals surface area (Å²) in [6.45, 7) is 5.02. The highest BCUT2D eigenvalue weighted by Gasteiger charge is 2.30. The van der Waals surface area contributed by atoms with Gasteiger partial charge in [-0.1, -0.05) is 6.92 Å². The molecule has 1 fully saturated rings. The van der Waals surface area contributed by atoms with E-state index in [9.17, 15) is 14.7 Å². The molecule has 1 aliphatic heterocycles. The maximum absolute atomic E-state index is 12.7. The molecular formula is C17H20N2O4S. The van der Waals surface area contributed by atoms with Crippen molar-refractivity contribution in [3.63, 3.8) is 0 Å². The van der Waals surface area contributed by atoms with Crippen LogP contribution in [0.5, 0.6) is 0 Å². The zero-order valence-corrected chi connectivity index (χ0v) is 14.6. The summed E-state index contributed by atoms with van der Waals surface area (Å²) in [5, 5.41) is 12.3. The molecule has 0 radical (unpaired) electrons. The summed E-state index contributed by atoms with van der Waals surface area (Å²) in [5.41, 5.74) is 1.08. The molecular weight excluding hydrogens is 328 g/mol. The van der Waals surface area contributed by atoms with Gasteiger partial charge >= 0.3 is 5.97 Å². The first-order valence-corrected chi connectivity index (χ1v) is 8.94. The minimum atomic E-state index is -1.07. The van der Waals surface area contributed by atoms with E-state index in [0.29, 0.717) is 25.3 Å². The van der Waals surface area contributed by atoms with Gasteiger partial charge < -0.3 is 14.4 Å². The Labute approximate surface area is 144 Å². The fourth-order valence-electron chi connectivity index (χ4n) is 3.06. The lowest BCUT2D eigenvalue weighted by Gasteiger charge is -2.31. The summed E-state index contributed by atoms with van der Waals surface area (Å²) in [6.07, 6.45) is 2.35. The van der Waals surface area contributed by atoms with Crippen molar-refractivity contribution in [2.24, 2.45) is 0 Å². The number of amides is 1. The third-order valence-electron chi connectivity index (χ3n) is 4.27. The molecule has 3 rings (SSSR count). The summed E-state index contributed by atoms with van der Waals surface area (Å²) < 4.78 is 5.50. The van der Waals surface area contributed by atoms with E-state index < -0.39 is 5.97 Å². The van der Waals surface area contributed by atoms with Gasteiger partial charge in [-0.05, 0) is 19.8 Å². The number of hydrogen-bond donors (Lipinski definition) is 1. The van der Waals surface area contributed by atoms with E-state index >= 15 is 0 Å². The van der Waals surface area contributed by atoms with Gasteiger partial charge in [-0.3, -0.25) is 4.79 Å². The van der Waals surface area contributed by atoms with Crippen LogP contribution in [-0.2, 0) is 6.42 Å². The highest BCUT2D eigenvalue weighted by atomic mass is 32.1. The summed E-state index contributed by atoms with van der Waals surface area (Å²) in [7, 11) is 0. The number of aromatic carboxylic acids is 1. The Kier molecular flexibility index (Phi) is 4.71. The van der Waals surface area contributed by atoms with E-state index in [-0.39, 0.29) is 23.1 Å². The van der Waals surface area contributed by atoms with Gasteiger partial charge in [0.25, 0.3) is 5.91 Å². The average molecular weight is 348 g/mol. The number of carboxylic acid groups (broad SMARTS) is 1. The molecule has 2 aromatic rings. The Morgan fingerprint density at radius 3 is 2.88 bits per heavy atom. The average Bonchev–Trinajstić information content (AvgIpc) is 3.20. The van der Waals surface area contributed by atoms with Crippen LogP contribution in [0.4, 0.5) is 0 Å². The molecule has 1 amide bonds. The standard InChI is InChI=1S/C17H20N2O4S/c1-3-13-12(17(21)22)7-14(23-13)16(20)19-6-4-5-11(8-19)15-18-10(2)9-24-15/h7,9,11H,3-6,8H2,1-2H3,(H,21,22). The monoisotopic (exact) mass is 348 g/mol. The lowest BCUT2D eigenvalue weighted by Crippen LogP contribution is -2.39. The van der Waals surface area contributed by atoms with E-state index in [0.717, 1.165) is 23.5 Å². The Hall–Kier alpha value is -2.15. The van der Waals surface area contributed by atoms with Gasteiger partial charge in [-0.15, -0.1) is 11.3 Å². The molecule has 7 heteroatoms. The molecule has 0 saturated carbocycles. The van der Waals surface area contributed by atoms with E-state index in [4.69, 9.17) is 4.42 Å². The smallest absolute Gasteiger partial charge is 0.339 e. The molecule has 1 aliphatic rings. The zero-order valence-electron chi connectivity index (χ0n) is 13.7. The minimum Gasteiger partial charge on any atom is -0.478 e. The van der Waals surface area contributed by atoms with Crippen LogP contribution < -0.4 is 0 Å². The number of aryl methyl sites for hydroxylation is 2. The molecule has 1 saturated heterocycles. The number of nitrogens with zero attached hydrogens (tertiary/aromatic N) is 2. The quantitative estimate of drug-likeness (QED) is 0.916. The van der Waals surface area contributed by atoms with Gasteiger partial charge in [0.15, 0.2) is 5.76 Å². The van der Waals surface area contributed by atoms with Gasteiger partial charge in [0.1, 0.15) is 11.3 Å². The summed E-state index contributed by atoms with van der Waals surface area (Å²) in [6, 6.07) is 1.35. The number of carbonyl (C=O) groups excluding carboxylic acids is 1. The second kappa shape index (κ2) is 6.76. The zero-order chi connectivity index (χ0) is 17.3. The maximum Gasteiger partial charge on any atom is 0.339 e. The van der Waals surface area contributed by atoms with Crippen molar-refractivity contribution in [3.8, 4) is 0 Å². The lowest BCUT2D eigenvalue weighted by molar-refractivity contribution is 0.0669. The van der Waals surface area contributed by atoms with Crippen LogP contribution in [0.3, 0.4) is 0 Å². The first-order valence-electron chi connectivity index (χ1n) is 8.07. The van der Waals surface area contributed by atoms with Crippen molar-refractivity contribution in [2.45, 2.75) is 39.0 Å². The minimum absolute atomic E-state index is 0.0740. The van der Waals surface area contributed by atoms with E-state index in [2.05, 4.69) is 4.98 Å². The summed E-state index contributed by atoms with van der Waals surface area (Å²) in [5.74, 6) is -0.615. The highest BCUT2D eigenvalue weighted by Crippen LogP contribution is 2.30. The van der Waals surface area contributed by atoms with E-state index in [1.54, 1.807) is 23.2 Å². The van der Waals surface area contributed by atoms with Crippen LogP contribution in [0.25, 0.3) is 0 Å². The molecule has 6 nitrogen and oxygen atoms in total. The van der Waals surface area contributed by atoms with Crippen molar-refractivity contribution in [1.82, 2.24) is 9.88 Å². The normalized spacial score (nSPS) is 17.9. The molecule has 1 N–H and O–H groups in total. The van der Waals surface area contributed by atoms with Crippen LogP contribution in [0, 0.1) is 6.92 Å². The SMILES string of the molecule is CCc1oc(C(=O)N2CCCC(c3nc(C)cs3)C2)cc1C(=O)O. The van der Waals surface area contributed by atoms with Gasteiger partial charge in [0.05, 0.1) is 5.01 Å². The van der Waals surface area contributed by atoms with Crippen LogP contribution in [-0.4, -0.2) is 40.0 Å². The molecule has 0 aliphatic carbocycles. The number of aromatic nitrogens is 1. The topological polar surface area (TPSA) is 83.6 Å². The Morgan fingerprint density at radius 2 is 2.29 bits per heavy atom. The van der Waals surface area contributed by atoms with Gasteiger partial charge in [0, 0.05) is 42.6 Å². The molecule has 1 unspecified atom stereocenters. The molecule has 128 valence electrons. The number of furan rings is 1. The number of piperidine rings is 1. The van der Waals surface area contributed by atoms with Crippen molar-refractivity contribution in [1.29, 1.82) is 0 Å². The molecule has 0 spiro atoms. The fraction of sp³-hybridized carbons (Fsp3) is 0.471. The molecule has 2 aromatic heterocycles. The third-order valence-corrected chi connectivity index (χ3v) is 5.39. The molecule has 24 heavy (non-hydrogen) atoms. The number of likely N-dealkylation sites (tertiary alicyclic amines) is 1. The van der Waals surface area contributed by atoms with E-state index in [1.165, 1.54) is 6.07 Å².